The lowest BCUT2D eigenvalue weighted by atomic mass is 9.50. The minimum atomic E-state index is -0.396. The number of rotatable bonds is 10. The van der Waals surface area contributed by atoms with Gasteiger partial charge in [-0.1, -0.05) is 194 Å². The van der Waals surface area contributed by atoms with Crippen LogP contribution in [-0.4, -0.2) is 90.4 Å². The standard InChI is InChI=1S/2C18H28O2.2C18H30.4C8H16O2.C6H8O3/c2*1-8-9(2)12-6-11(8)15-13-7-14(16(12)15)18(4,10(13)3)17(19)20-5;2*1-9-10(2)12-7-11(9)15-13-8-14(16(12)15)18(5,6)17(13,3)4;4*1-6(2)8(3,4)7(9)10-5;1-3-4(2)6(8)9-5(3)7/h2*8-16H,6-7H2,1-5H3;2*9-16H,7-8H2,1-6H3;4*6H,1-5H3;3-4H,1-2H3. The van der Waals surface area contributed by atoms with Gasteiger partial charge < -0.3 is 33.2 Å². The van der Waals surface area contributed by atoms with Crippen LogP contribution < -0.4 is 0 Å². The summed E-state index contributed by atoms with van der Waals surface area (Å²) in [7, 11) is 8.82. The summed E-state index contributed by atoms with van der Waals surface area (Å²) in [5, 5.41) is 0. The number of ether oxygens (including phenoxy) is 7. The molecule has 38 atom stereocenters. The van der Waals surface area contributed by atoms with Crippen LogP contribution in [0.5, 0.6) is 0 Å². The summed E-state index contributed by atoms with van der Waals surface area (Å²) >= 11 is 0. The van der Waals surface area contributed by atoms with Crippen molar-refractivity contribution in [2.45, 2.75) is 314 Å². The third-order valence-corrected chi connectivity index (χ3v) is 45.8. The molecule has 0 amide bonds. The molecule has 1 aliphatic heterocycles. The Morgan fingerprint density at radius 3 is 0.592 bits per heavy atom. The van der Waals surface area contributed by atoms with E-state index < -0.39 is 11.9 Å². The molecular formula is C110H188O15. The molecule has 1 heterocycles. The van der Waals surface area contributed by atoms with E-state index >= 15 is 0 Å². The SMILES string of the molecule is CC1C(=O)OC(=O)C1C.CC1C(C)C2CC1C1C2C2CC1C(C)(C)C2(C)C.CC1C(C)C2CC1C1C2C2CC1C(C)(C)C2(C)C.COC(=O)C(C)(C)C(C)C.COC(=O)C(C)(C)C(C)C.COC(=O)C(C)(C)C(C)C.COC(=O)C(C)(C)C(C)C.COC(=O)C1(C)C(C)C2CC1C1C3CC(C(C)C3C)C21.COC(=O)C1(C)C(C)C2CC1C1C3CC(C(C)C3C)C21. The number of cyclic esters (lactones) is 2. The molecule has 0 N–H and O–H groups in total. The highest BCUT2D eigenvalue weighted by atomic mass is 16.6. The number of fused-ring (bicyclic) bond motifs is 36. The first-order valence-corrected chi connectivity index (χ1v) is 50.5. The van der Waals surface area contributed by atoms with Gasteiger partial charge in [-0.3, -0.25) is 38.4 Å². The van der Waals surface area contributed by atoms with Gasteiger partial charge in [0.25, 0.3) is 0 Å². The van der Waals surface area contributed by atoms with Crippen molar-refractivity contribution in [3.63, 3.8) is 0 Å². The molecule has 0 radical (unpaired) electrons. The summed E-state index contributed by atoms with van der Waals surface area (Å²) in [6.07, 6.45) is 11.7. The zero-order valence-electron chi connectivity index (χ0n) is 87.9. The van der Waals surface area contributed by atoms with Gasteiger partial charge in [0.05, 0.1) is 87.0 Å². The molecular weight excluding hydrogens is 1560 g/mol. The Labute approximate surface area is 763 Å². The van der Waals surface area contributed by atoms with Gasteiger partial charge in [0.1, 0.15) is 0 Å². The Morgan fingerprint density at radius 2 is 0.448 bits per heavy atom. The fraction of sp³-hybridized carbons (Fsp3) is 0.927. The quantitative estimate of drug-likeness (QED) is 0.0864. The topological polar surface area (TPSA) is 201 Å². The predicted molar refractivity (Wildman–Crippen MR) is 500 cm³/mol. The van der Waals surface area contributed by atoms with E-state index in [1.807, 2.05) is 111 Å². The normalized spacial score (nSPS) is 44.3. The van der Waals surface area contributed by atoms with E-state index in [0.29, 0.717) is 69.0 Å². The molecule has 718 valence electrons. The van der Waals surface area contributed by atoms with E-state index in [4.69, 9.17) is 9.47 Å². The second-order valence-electron chi connectivity index (χ2n) is 51.5. The van der Waals surface area contributed by atoms with Crippen LogP contribution in [0.25, 0.3) is 0 Å². The first-order valence-electron chi connectivity index (χ1n) is 50.5. The predicted octanol–water partition coefficient (Wildman–Crippen LogP) is 24.6. The lowest BCUT2D eigenvalue weighted by Gasteiger charge is -2.55. The van der Waals surface area contributed by atoms with Crippen molar-refractivity contribution in [1.29, 1.82) is 0 Å². The lowest BCUT2D eigenvalue weighted by molar-refractivity contribution is -0.164. The minimum Gasteiger partial charge on any atom is -0.469 e. The van der Waals surface area contributed by atoms with Crippen LogP contribution >= 0.6 is 0 Å². The Balaban J connectivity index is 0.000000162. The zero-order valence-corrected chi connectivity index (χ0v) is 87.9. The number of carbonyl (C=O) groups is 8. The fourth-order valence-electron chi connectivity index (χ4n) is 32.2. The van der Waals surface area contributed by atoms with Crippen LogP contribution in [0.1, 0.15) is 314 Å². The van der Waals surface area contributed by atoms with Crippen LogP contribution in [0.15, 0.2) is 0 Å². The summed E-state index contributed by atoms with van der Waals surface area (Å²) in [6.45, 7) is 84.3. The smallest absolute Gasteiger partial charge is 0.317 e. The van der Waals surface area contributed by atoms with Gasteiger partial charge in [-0.15, -0.1) is 0 Å². The molecule has 15 heteroatoms. The number of hydrogen-bond acceptors (Lipinski definition) is 15. The van der Waals surface area contributed by atoms with Gasteiger partial charge in [0.15, 0.2) is 0 Å². The van der Waals surface area contributed by atoms with Crippen LogP contribution in [0.3, 0.4) is 0 Å². The van der Waals surface area contributed by atoms with Gasteiger partial charge in [0.2, 0.25) is 0 Å². The van der Waals surface area contributed by atoms with Crippen molar-refractivity contribution in [2.75, 3.05) is 42.7 Å². The third kappa shape index (κ3) is 16.5. The summed E-state index contributed by atoms with van der Waals surface area (Å²) < 4.78 is 33.3. The molecule has 0 aromatic heterocycles. The number of methoxy groups -OCH3 is 6. The number of esters is 8. The third-order valence-electron chi connectivity index (χ3n) is 45.8. The van der Waals surface area contributed by atoms with Crippen molar-refractivity contribution in [3.8, 4) is 0 Å². The second-order valence-corrected chi connectivity index (χ2v) is 51.5. The van der Waals surface area contributed by atoms with E-state index in [0.717, 1.165) is 178 Å². The Morgan fingerprint density at radius 1 is 0.272 bits per heavy atom. The number of hydrogen-bond donors (Lipinski definition) is 0. The average molecular weight is 1750 g/mol. The first kappa shape index (κ1) is 105. The van der Waals surface area contributed by atoms with Crippen LogP contribution in [0.4, 0.5) is 0 Å². The zero-order chi connectivity index (χ0) is 95.3. The molecule has 17 aliphatic rings. The Kier molecular flexibility index (Phi) is 30.8. The molecule has 16 aliphatic carbocycles. The van der Waals surface area contributed by atoms with Gasteiger partial charge in [-0.05, 0) is 367 Å². The van der Waals surface area contributed by atoms with Gasteiger partial charge in [-0.2, -0.15) is 0 Å². The molecule has 38 unspecified atom stereocenters. The minimum absolute atomic E-state index is 0.0550. The molecule has 0 aromatic carbocycles. The maximum Gasteiger partial charge on any atom is 0.317 e. The van der Waals surface area contributed by atoms with Crippen molar-refractivity contribution >= 4 is 47.8 Å². The molecule has 1 saturated heterocycles. The molecule has 16 saturated carbocycles. The van der Waals surface area contributed by atoms with Crippen LogP contribution in [-0.2, 0) is 71.5 Å². The molecule has 16 bridgehead atoms. The Hall–Kier alpha value is -4.04. The molecule has 0 spiro atoms. The van der Waals surface area contributed by atoms with Gasteiger partial charge in [-0.25, -0.2) is 0 Å². The maximum atomic E-state index is 12.5. The fourth-order valence-corrected chi connectivity index (χ4v) is 32.2. The van der Waals surface area contributed by atoms with E-state index in [2.05, 4.69) is 162 Å². The van der Waals surface area contributed by atoms with Crippen molar-refractivity contribution in [2.24, 2.45) is 291 Å². The summed E-state index contributed by atoms with van der Waals surface area (Å²) in [5.74, 6) is 30.9. The van der Waals surface area contributed by atoms with E-state index in [-0.39, 0.29) is 80.1 Å². The van der Waals surface area contributed by atoms with Crippen LogP contribution in [0.2, 0.25) is 0 Å². The van der Waals surface area contributed by atoms with E-state index in [1.165, 1.54) is 54.1 Å². The highest BCUT2D eigenvalue weighted by molar-refractivity contribution is 5.96. The largest absolute Gasteiger partial charge is 0.469 e. The maximum absolute atomic E-state index is 12.5. The van der Waals surface area contributed by atoms with Gasteiger partial charge >= 0.3 is 47.8 Å². The van der Waals surface area contributed by atoms with Crippen LogP contribution in [0, 0.1) is 291 Å². The highest BCUT2D eigenvalue weighted by Gasteiger charge is 2.77. The molecule has 125 heavy (non-hydrogen) atoms. The first-order chi connectivity index (χ1) is 57.2. The summed E-state index contributed by atoms with van der Waals surface area (Å²) in [4.78, 5) is 90.2. The van der Waals surface area contributed by atoms with E-state index in [9.17, 15) is 38.4 Å². The van der Waals surface area contributed by atoms with Crippen molar-refractivity contribution in [1.82, 2.24) is 0 Å². The van der Waals surface area contributed by atoms with Gasteiger partial charge in [0, 0.05) is 0 Å². The Bertz CT molecular complexity index is 3470. The van der Waals surface area contributed by atoms with Crippen molar-refractivity contribution in [3.05, 3.63) is 0 Å². The van der Waals surface area contributed by atoms with E-state index in [1.54, 1.807) is 53.8 Å². The average Bonchev–Trinajstić information content (AvgIpc) is 1.50. The molecule has 17 rings (SSSR count). The summed E-state index contributed by atoms with van der Waals surface area (Å²) in [6, 6.07) is 0. The summed E-state index contributed by atoms with van der Waals surface area (Å²) in [5.41, 5.74) is 0.464. The molecule has 15 nitrogen and oxygen atoms in total. The lowest BCUT2D eigenvalue weighted by Crippen LogP contribution is -2.50. The molecule has 0 aromatic rings. The highest BCUT2D eigenvalue weighted by Crippen LogP contribution is 2.82. The number of carbonyl (C=O) groups excluding carboxylic acids is 8. The molecule has 17 fully saturated rings. The monoisotopic (exact) mass is 1750 g/mol. The second kappa shape index (κ2) is 36.7. The van der Waals surface area contributed by atoms with Crippen molar-refractivity contribution < 1.29 is 71.5 Å².